The number of rotatable bonds is 4. The molecule has 8 nitrogen and oxygen atoms in total. The average molecular weight is 409 g/mol. The summed E-state index contributed by atoms with van der Waals surface area (Å²) in [6.07, 6.45) is 5.29. The molecule has 8 heteroatoms. The van der Waals surface area contributed by atoms with Crippen LogP contribution in [0.2, 0.25) is 0 Å². The summed E-state index contributed by atoms with van der Waals surface area (Å²) < 4.78 is 1.54. The van der Waals surface area contributed by atoms with Crippen molar-refractivity contribution in [3.63, 3.8) is 0 Å². The molecule has 158 valence electrons. The Hall–Kier alpha value is -3.16. The summed E-state index contributed by atoms with van der Waals surface area (Å²) in [4.78, 5) is 40.6. The van der Waals surface area contributed by atoms with Crippen molar-refractivity contribution in [1.82, 2.24) is 9.78 Å². The number of benzene rings is 1. The number of nitrogens with zero attached hydrogens (tertiary/aromatic N) is 4. The summed E-state index contributed by atoms with van der Waals surface area (Å²) in [5, 5.41) is 4.32. The molecule has 2 aromatic rings. The monoisotopic (exact) mass is 409 g/mol. The highest BCUT2D eigenvalue weighted by Crippen LogP contribution is 2.42. The molecule has 0 spiro atoms. The first kappa shape index (κ1) is 20.1. The number of amides is 3. The zero-order valence-electron chi connectivity index (χ0n) is 17.8. The lowest BCUT2D eigenvalue weighted by molar-refractivity contribution is -0.125. The van der Waals surface area contributed by atoms with Gasteiger partial charge in [-0.15, -0.1) is 0 Å². The van der Waals surface area contributed by atoms with Crippen LogP contribution >= 0.6 is 0 Å². The van der Waals surface area contributed by atoms with Crippen LogP contribution in [0.3, 0.4) is 0 Å². The SMILES string of the molecule is CC(=O)N1c2ccc(-c3cnn(C(C)(C)C(N)=O)c3)cc2N(C(=O)C2CC2)C[C@@H]1C. The maximum Gasteiger partial charge on any atom is 0.244 e. The zero-order chi connectivity index (χ0) is 21.8. The molecule has 1 saturated carbocycles. The summed E-state index contributed by atoms with van der Waals surface area (Å²) in [6.45, 7) is 7.39. The van der Waals surface area contributed by atoms with Crippen molar-refractivity contribution in [1.29, 1.82) is 0 Å². The number of fused-ring (bicyclic) bond motifs is 1. The molecular formula is C22H27N5O3. The van der Waals surface area contributed by atoms with Gasteiger partial charge in [-0.2, -0.15) is 5.10 Å². The van der Waals surface area contributed by atoms with Gasteiger partial charge in [0.25, 0.3) is 0 Å². The Balaban J connectivity index is 1.77. The number of hydrogen-bond acceptors (Lipinski definition) is 4. The van der Waals surface area contributed by atoms with E-state index in [1.54, 1.807) is 42.7 Å². The van der Waals surface area contributed by atoms with Gasteiger partial charge in [-0.05, 0) is 51.3 Å². The minimum atomic E-state index is -0.957. The molecule has 1 aliphatic heterocycles. The van der Waals surface area contributed by atoms with Gasteiger partial charge < -0.3 is 15.5 Å². The van der Waals surface area contributed by atoms with E-state index in [-0.39, 0.29) is 23.8 Å². The molecule has 0 radical (unpaired) electrons. The Morgan fingerprint density at radius 3 is 2.43 bits per heavy atom. The van der Waals surface area contributed by atoms with Crippen LogP contribution in [0.4, 0.5) is 11.4 Å². The van der Waals surface area contributed by atoms with Crippen LogP contribution < -0.4 is 15.5 Å². The summed E-state index contributed by atoms with van der Waals surface area (Å²) in [5.41, 5.74) is 7.68. The molecule has 0 unspecified atom stereocenters. The lowest BCUT2D eigenvalue weighted by Crippen LogP contribution is -2.51. The fourth-order valence-electron chi connectivity index (χ4n) is 3.93. The van der Waals surface area contributed by atoms with Crippen molar-refractivity contribution in [2.45, 2.75) is 52.1 Å². The van der Waals surface area contributed by atoms with E-state index in [0.29, 0.717) is 6.54 Å². The van der Waals surface area contributed by atoms with E-state index in [4.69, 9.17) is 5.73 Å². The van der Waals surface area contributed by atoms with Crippen LogP contribution in [0.5, 0.6) is 0 Å². The average Bonchev–Trinajstić information content (AvgIpc) is 3.41. The Kier molecular flexibility index (Phi) is 4.67. The fraction of sp³-hybridized carbons (Fsp3) is 0.455. The van der Waals surface area contributed by atoms with Gasteiger partial charge in [-0.25, -0.2) is 0 Å². The maximum absolute atomic E-state index is 13.0. The van der Waals surface area contributed by atoms with E-state index in [9.17, 15) is 14.4 Å². The standard InChI is InChI=1S/C22H27N5O3/c1-13-11-25(20(29)15-5-6-15)19-9-16(7-8-18(19)27(13)14(2)28)17-10-24-26(12-17)22(3,4)21(23)30/h7-10,12-13,15H,5-6,11H2,1-4H3,(H2,23,30)/t13-/m0/s1. The number of aromatic nitrogens is 2. The third kappa shape index (κ3) is 3.26. The van der Waals surface area contributed by atoms with E-state index in [1.165, 1.54) is 0 Å². The minimum absolute atomic E-state index is 0.0500. The molecule has 30 heavy (non-hydrogen) atoms. The molecule has 2 heterocycles. The topological polar surface area (TPSA) is 102 Å². The quantitative estimate of drug-likeness (QED) is 0.837. The third-order valence-electron chi connectivity index (χ3n) is 6.04. The number of nitrogens with two attached hydrogens (primary N) is 1. The molecule has 2 aliphatic rings. The van der Waals surface area contributed by atoms with Gasteiger partial charge in [0.15, 0.2) is 0 Å². The molecule has 3 amide bonds. The van der Waals surface area contributed by atoms with Crippen LogP contribution in [-0.4, -0.2) is 40.1 Å². The normalized spacial score (nSPS) is 18.9. The second-order valence-corrected chi connectivity index (χ2v) is 8.76. The summed E-state index contributed by atoms with van der Waals surface area (Å²) in [5.74, 6) is -0.327. The molecule has 4 rings (SSSR count). The molecule has 1 aromatic carbocycles. The molecule has 2 N–H and O–H groups in total. The highest BCUT2D eigenvalue weighted by molar-refractivity contribution is 6.06. The predicted octanol–water partition coefficient (Wildman–Crippen LogP) is 2.27. The van der Waals surface area contributed by atoms with E-state index >= 15 is 0 Å². The van der Waals surface area contributed by atoms with Gasteiger partial charge in [0.2, 0.25) is 17.7 Å². The first-order chi connectivity index (χ1) is 14.1. The van der Waals surface area contributed by atoms with Crippen molar-refractivity contribution < 1.29 is 14.4 Å². The first-order valence-corrected chi connectivity index (χ1v) is 10.2. The van der Waals surface area contributed by atoms with E-state index in [1.807, 2.05) is 30.0 Å². The molecule has 1 atom stereocenters. The van der Waals surface area contributed by atoms with Gasteiger partial charge in [0.1, 0.15) is 5.54 Å². The van der Waals surface area contributed by atoms with Crippen LogP contribution in [0.15, 0.2) is 30.6 Å². The largest absolute Gasteiger partial charge is 0.368 e. The Bertz CT molecular complexity index is 1040. The fourth-order valence-corrected chi connectivity index (χ4v) is 3.93. The minimum Gasteiger partial charge on any atom is -0.368 e. The summed E-state index contributed by atoms with van der Waals surface area (Å²) in [7, 11) is 0. The van der Waals surface area contributed by atoms with Crippen molar-refractivity contribution in [2.24, 2.45) is 11.7 Å². The molecular weight excluding hydrogens is 382 g/mol. The molecule has 1 aliphatic carbocycles. The number of primary amides is 1. The lowest BCUT2D eigenvalue weighted by Gasteiger charge is -2.41. The number of carbonyl (C=O) groups excluding carboxylic acids is 3. The number of carbonyl (C=O) groups is 3. The summed E-state index contributed by atoms with van der Waals surface area (Å²) >= 11 is 0. The summed E-state index contributed by atoms with van der Waals surface area (Å²) in [6, 6.07) is 5.62. The second kappa shape index (κ2) is 6.97. The Morgan fingerprint density at radius 1 is 1.13 bits per heavy atom. The molecule has 1 fully saturated rings. The number of hydrogen-bond donors (Lipinski definition) is 1. The lowest BCUT2D eigenvalue weighted by atomic mass is 10.0. The highest BCUT2D eigenvalue weighted by Gasteiger charge is 2.39. The maximum atomic E-state index is 13.0. The van der Waals surface area contributed by atoms with Crippen molar-refractivity contribution in [3.05, 3.63) is 30.6 Å². The number of anilines is 2. The van der Waals surface area contributed by atoms with Gasteiger partial charge in [-0.1, -0.05) is 6.07 Å². The van der Waals surface area contributed by atoms with Gasteiger partial charge in [0.05, 0.1) is 23.6 Å². The van der Waals surface area contributed by atoms with E-state index < -0.39 is 11.4 Å². The Labute approximate surface area is 175 Å². The first-order valence-electron chi connectivity index (χ1n) is 10.2. The molecule has 1 aromatic heterocycles. The van der Waals surface area contributed by atoms with Crippen molar-refractivity contribution in [2.75, 3.05) is 16.3 Å². The van der Waals surface area contributed by atoms with E-state index in [0.717, 1.165) is 35.3 Å². The van der Waals surface area contributed by atoms with Crippen LogP contribution in [0.25, 0.3) is 11.1 Å². The zero-order valence-corrected chi connectivity index (χ0v) is 17.8. The second-order valence-electron chi connectivity index (χ2n) is 8.76. The smallest absolute Gasteiger partial charge is 0.244 e. The van der Waals surface area contributed by atoms with Crippen LogP contribution in [-0.2, 0) is 19.9 Å². The van der Waals surface area contributed by atoms with Gasteiger partial charge in [-0.3, -0.25) is 19.1 Å². The molecule has 0 saturated heterocycles. The van der Waals surface area contributed by atoms with Gasteiger partial charge in [0, 0.05) is 31.1 Å². The highest BCUT2D eigenvalue weighted by atomic mass is 16.2. The van der Waals surface area contributed by atoms with Crippen molar-refractivity contribution >= 4 is 29.1 Å². The van der Waals surface area contributed by atoms with Crippen molar-refractivity contribution in [3.8, 4) is 11.1 Å². The van der Waals surface area contributed by atoms with Gasteiger partial charge >= 0.3 is 0 Å². The predicted molar refractivity (Wildman–Crippen MR) is 114 cm³/mol. The van der Waals surface area contributed by atoms with Crippen LogP contribution in [0.1, 0.15) is 40.5 Å². The van der Waals surface area contributed by atoms with E-state index in [2.05, 4.69) is 5.10 Å². The van der Waals surface area contributed by atoms with Crippen LogP contribution in [0, 0.1) is 5.92 Å². The molecule has 0 bridgehead atoms. The Morgan fingerprint density at radius 2 is 1.83 bits per heavy atom. The third-order valence-corrected chi connectivity index (χ3v) is 6.04.